The Bertz CT molecular complexity index is 548. The summed E-state index contributed by atoms with van der Waals surface area (Å²) in [5.41, 5.74) is 1.03. The van der Waals surface area contributed by atoms with E-state index in [0.29, 0.717) is 18.4 Å². The van der Waals surface area contributed by atoms with Crippen molar-refractivity contribution in [1.82, 2.24) is 0 Å². The molecule has 0 saturated carbocycles. The molecule has 0 amide bonds. The van der Waals surface area contributed by atoms with E-state index in [1.807, 2.05) is 6.92 Å². The molecule has 0 aromatic rings. The molecule has 0 aromatic carbocycles. The lowest BCUT2D eigenvalue weighted by Crippen LogP contribution is -2.54. The summed E-state index contributed by atoms with van der Waals surface area (Å²) in [7, 11) is 0. The Morgan fingerprint density at radius 3 is 2.88 bits per heavy atom. The van der Waals surface area contributed by atoms with Crippen LogP contribution in [0.3, 0.4) is 0 Å². The summed E-state index contributed by atoms with van der Waals surface area (Å²) in [5.74, 6) is -0.0506. The summed E-state index contributed by atoms with van der Waals surface area (Å²) in [6, 6.07) is 0. The summed E-state index contributed by atoms with van der Waals surface area (Å²) in [6.07, 6.45) is 6.87. The smallest absolute Gasteiger partial charge is 0.334 e. The Kier molecular flexibility index (Phi) is 4.89. The van der Waals surface area contributed by atoms with Gasteiger partial charge in [0.15, 0.2) is 0 Å². The van der Waals surface area contributed by atoms with Crippen molar-refractivity contribution < 1.29 is 19.4 Å². The molecule has 2 fully saturated rings. The van der Waals surface area contributed by atoms with Gasteiger partial charge in [0.25, 0.3) is 0 Å². The molecule has 0 aliphatic carbocycles. The van der Waals surface area contributed by atoms with Crippen LogP contribution in [-0.2, 0) is 14.3 Å². The number of allylic oxidation sites excluding steroid dienone is 2. The number of aliphatic hydroxyl groups is 1. The molecular formula is C20H30O4. The van der Waals surface area contributed by atoms with E-state index < -0.39 is 5.60 Å². The number of ether oxygens (including phenoxy) is 2. The minimum Gasteiger partial charge on any atom is -0.456 e. The highest BCUT2D eigenvalue weighted by atomic mass is 16.6. The number of carbonyl (C=O) groups is 1. The van der Waals surface area contributed by atoms with Crippen molar-refractivity contribution in [2.45, 2.75) is 83.2 Å². The van der Waals surface area contributed by atoms with Crippen molar-refractivity contribution in [3.05, 3.63) is 23.8 Å². The van der Waals surface area contributed by atoms with E-state index in [1.54, 1.807) is 0 Å². The van der Waals surface area contributed by atoms with Crippen molar-refractivity contribution in [2.24, 2.45) is 11.8 Å². The van der Waals surface area contributed by atoms with Crippen LogP contribution in [0.1, 0.15) is 59.3 Å². The van der Waals surface area contributed by atoms with Crippen LogP contribution in [0.5, 0.6) is 0 Å². The third-order valence-electron chi connectivity index (χ3n) is 6.09. The topological polar surface area (TPSA) is 55.8 Å². The van der Waals surface area contributed by atoms with Crippen LogP contribution in [0.4, 0.5) is 0 Å². The maximum absolute atomic E-state index is 12.0. The Hall–Kier alpha value is -1.13. The van der Waals surface area contributed by atoms with Crippen LogP contribution in [0, 0.1) is 11.8 Å². The molecule has 0 radical (unpaired) electrons. The Morgan fingerprint density at radius 1 is 1.38 bits per heavy atom. The summed E-state index contributed by atoms with van der Waals surface area (Å²) in [6.45, 7) is 10.1. The second-order valence-electron chi connectivity index (χ2n) is 8.14. The molecule has 4 nitrogen and oxygen atoms in total. The monoisotopic (exact) mass is 334 g/mol. The van der Waals surface area contributed by atoms with Crippen LogP contribution in [0.25, 0.3) is 0 Å². The van der Waals surface area contributed by atoms with E-state index in [0.717, 1.165) is 25.7 Å². The van der Waals surface area contributed by atoms with Crippen molar-refractivity contribution in [1.29, 1.82) is 0 Å². The molecule has 4 heteroatoms. The minimum atomic E-state index is -0.912. The standard InChI is InChI=1S/C20H30O4/c1-12-7-5-9-13(2)17-18-15(14(3)19(21)24-18)11-16(23-17)20(4,22)10-6-8-12/h8,13,15-18,22H,3,5-7,9-11H2,1-2,4H3/b12-8+/t13?,15-,16?,17?,18?,20?/m0/s1. The fourth-order valence-electron chi connectivity index (χ4n) is 4.36. The van der Waals surface area contributed by atoms with Gasteiger partial charge in [-0.05, 0) is 58.3 Å². The van der Waals surface area contributed by atoms with Gasteiger partial charge in [-0.2, -0.15) is 0 Å². The van der Waals surface area contributed by atoms with Crippen LogP contribution in [0.15, 0.2) is 23.8 Å². The predicted molar refractivity (Wildman–Crippen MR) is 92.4 cm³/mol. The third-order valence-corrected chi connectivity index (χ3v) is 6.09. The molecule has 3 heterocycles. The number of hydrogen-bond acceptors (Lipinski definition) is 4. The molecule has 0 spiro atoms. The van der Waals surface area contributed by atoms with E-state index in [1.165, 1.54) is 5.57 Å². The van der Waals surface area contributed by atoms with Crippen molar-refractivity contribution in [3.8, 4) is 0 Å². The second kappa shape index (κ2) is 6.64. The number of esters is 1. The van der Waals surface area contributed by atoms with E-state index in [4.69, 9.17) is 9.47 Å². The number of carbonyl (C=O) groups excluding carboxylic acids is 1. The van der Waals surface area contributed by atoms with E-state index in [2.05, 4.69) is 26.5 Å². The first-order valence-electron chi connectivity index (χ1n) is 9.23. The maximum Gasteiger partial charge on any atom is 0.334 e. The highest BCUT2D eigenvalue weighted by Crippen LogP contribution is 2.44. The molecule has 1 N–H and O–H groups in total. The van der Waals surface area contributed by atoms with Crippen LogP contribution < -0.4 is 0 Å². The first-order valence-corrected chi connectivity index (χ1v) is 9.23. The van der Waals surface area contributed by atoms with Gasteiger partial charge in [0, 0.05) is 11.5 Å². The zero-order chi connectivity index (χ0) is 17.5. The van der Waals surface area contributed by atoms with Gasteiger partial charge < -0.3 is 14.6 Å². The summed E-state index contributed by atoms with van der Waals surface area (Å²) >= 11 is 0. The van der Waals surface area contributed by atoms with Gasteiger partial charge in [-0.3, -0.25) is 0 Å². The normalized spacial score (nSPS) is 46.2. The molecule has 3 aliphatic heterocycles. The number of hydrogen-bond donors (Lipinski definition) is 1. The van der Waals surface area contributed by atoms with Crippen LogP contribution in [0.2, 0.25) is 0 Å². The lowest BCUT2D eigenvalue weighted by Gasteiger charge is -2.45. The van der Waals surface area contributed by atoms with Crippen molar-refractivity contribution in [2.75, 3.05) is 0 Å². The maximum atomic E-state index is 12.0. The fraction of sp³-hybridized carbons (Fsp3) is 0.750. The van der Waals surface area contributed by atoms with Crippen molar-refractivity contribution >= 4 is 5.97 Å². The Balaban J connectivity index is 1.90. The lowest BCUT2D eigenvalue weighted by molar-refractivity contribution is -0.208. The average Bonchev–Trinajstić information content (AvgIpc) is 2.80. The molecule has 24 heavy (non-hydrogen) atoms. The lowest BCUT2D eigenvalue weighted by atomic mass is 9.76. The fourth-order valence-corrected chi connectivity index (χ4v) is 4.36. The van der Waals surface area contributed by atoms with Gasteiger partial charge in [-0.15, -0.1) is 0 Å². The zero-order valence-electron chi connectivity index (χ0n) is 15.1. The highest BCUT2D eigenvalue weighted by molar-refractivity contribution is 5.90. The molecule has 2 bridgehead atoms. The second-order valence-corrected chi connectivity index (χ2v) is 8.14. The Morgan fingerprint density at radius 2 is 2.12 bits per heavy atom. The first-order chi connectivity index (χ1) is 11.3. The van der Waals surface area contributed by atoms with E-state index in [-0.39, 0.29) is 36.1 Å². The van der Waals surface area contributed by atoms with Crippen LogP contribution >= 0.6 is 0 Å². The van der Waals surface area contributed by atoms with E-state index >= 15 is 0 Å². The molecule has 3 rings (SSSR count). The SMILES string of the molecule is C=C1C(=O)OC2C3OC(C[C@@H]12)C(C)(O)CC/C=C(\C)CCCC3C. The predicted octanol–water partition coefficient (Wildman–Crippen LogP) is 3.54. The van der Waals surface area contributed by atoms with Crippen molar-refractivity contribution in [3.63, 3.8) is 0 Å². The molecule has 134 valence electrons. The van der Waals surface area contributed by atoms with Gasteiger partial charge in [0.05, 0.1) is 17.8 Å². The first kappa shape index (κ1) is 17.7. The summed E-state index contributed by atoms with van der Waals surface area (Å²) < 4.78 is 11.9. The number of fused-ring (bicyclic) bond motifs is 4. The number of rotatable bonds is 0. The largest absolute Gasteiger partial charge is 0.456 e. The Labute approximate surface area is 144 Å². The molecule has 5 unspecified atom stereocenters. The van der Waals surface area contributed by atoms with Gasteiger partial charge in [-0.1, -0.05) is 25.2 Å². The van der Waals surface area contributed by atoms with E-state index in [9.17, 15) is 9.90 Å². The van der Waals surface area contributed by atoms with Gasteiger partial charge in [0.1, 0.15) is 6.10 Å². The van der Waals surface area contributed by atoms with Gasteiger partial charge in [0.2, 0.25) is 0 Å². The molecule has 3 aliphatic rings. The molecule has 0 aromatic heterocycles. The minimum absolute atomic E-state index is 0.0320. The molecule has 2 saturated heterocycles. The summed E-state index contributed by atoms with van der Waals surface area (Å²) in [4.78, 5) is 12.0. The van der Waals surface area contributed by atoms with Crippen LogP contribution in [-0.4, -0.2) is 35.0 Å². The average molecular weight is 334 g/mol. The molecular weight excluding hydrogens is 304 g/mol. The quantitative estimate of drug-likeness (QED) is 0.418. The van der Waals surface area contributed by atoms with Gasteiger partial charge in [-0.25, -0.2) is 4.79 Å². The van der Waals surface area contributed by atoms with Gasteiger partial charge >= 0.3 is 5.97 Å². The third kappa shape index (κ3) is 3.31. The summed E-state index contributed by atoms with van der Waals surface area (Å²) in [5, 5.41) is 11.0. The molecule has 6 atom stereocenters. The highest BCUT2D eigenvalue weighted by Gasteiger charge is 2.53. The zero-order valence-corrected chi connectivity index (χ0v) is 15.1.